The molecule has 0 atom stereocenters. The maximum absolute atomic E-state index is 11.7. The molecule has 0 heterocycles. The molecule has 0 unspecified atom stereocenters. The van der Waals surface area contributed by atoms with Gasteiger partial charge < -0.3 is 16.0 Å². The SMILES string of the molecule is CC1(C)CCC(NC(=O)NCC(=O)NC2CC2)CC1. The lowest BCUT2D eigenvalue weighted by molar-refractivity contribution is -0.120. The fourth-order valence-corrected chi connectivity index (χ4v) is 2.45. The second-order valence-electron chi connectivity index (χ2n) is 6.61. The minimum Gasteiger partial charge on any atom is -0.352 e. The molecule has 19 heavy (non-hydrogen) atoms. The van der Waals surface area contributed by atoms with E-state index in [9.17, 15) is 9.59 Å². The van der Waals surface area contributed by atoms with E-state index in [2.05, 4.69) is 29.8 Å². The second kappa shape index (κ2) is 5.80. The van der Waals surface area contributed by atoms with Crippen LogP contribution in [0.25, 0.3) is 0 Å². The van der Waals surface area contributed by atoms with Gasteiger partial charge in [-0.05, 0) is 43.9 Å². The smallest absolute Gasteiger partial charge is 0.315 e. The summed E-state index contributed by atoms with van der Waals surface area (Å²) in [6.45, 7) is 4.61. The molecule has 0 aromatic rings. The number of carbonyl (C=O) groups excluding carboxylic acids is 2. The molecule has 0 aromatic carbocycles. The van der Waals surface area contributed by atoms with Crippen molar-refractivity contribution in [1.29, 1.82) is 0 Å². The Kier molecular flexibility index (Phi) is 4.32. The minimum absolute atomic E-state index is 0.0700. The first-order valence-electron chi connectivity index (χ1n) is 7.28. The van der Waals surface area contributed by atoms with Crippen molar-refractivity contribution in [3.05, 3.63) is 0 Å². The highest BCUT2D eigenvalue weighted by atomic mass is 16.2. The summed E-state index contributed by atoms with van der Waals surface area (Å²) in [5, 5.41) is 8.41. The number of hydrogen-bond acceptors (Lipinski definition) is 2. The first kappa shape index (κ1) is 14.2. The van der Waals surface area contributed by atoms with Crippen molar-refractivity contribution < 1.29 is 9.59 Å². The van der Waals surface area contributed by atoms with Crippen molar-refractivity contribution in [1.82, 2.24) is 16.0 Å². The standard InChI is InChI=1S/C14H25N3O2/c1-14(2)7-5-11(6-8-14)17-13(19)15-9-12(18)16-10-3-4-10/h10-11H,3-9H2,1-2H3,(H,16,18)(H2,15,17,19). The van der Waals surface area contributed by atoms with Crippen LogP contribution in [-0.2, 0) is 4.79 Å². The molecule has 5 heteroatoms. The van der Waals surface area contributed by atoms with Crippen LogP contribution in [-0.4, -0.2) is 30.6 Å². The number of nitrogens with one attached hydrogen (secondary N) is 3. The van der Waals surface area contributed by atoms with Crippen LogP contribution < -0.4 is 16.0 Å². The maximum Gasteiger partial charge on any atom is 0.315 e. The molecule has 108 valence electrons. The molecule has 0 aromatic heterocycles. The Bertz CT molecular complexity index is 341. The van der Waals surface area contributed by atoms with E-state index in [0.717, 1.165) is 38.5 Å². The summed E-state index contributed by atoms with van der Waals surface area (Å²) in [7, 11) is 0. The minimum atomic E-state index is -0.226. The molecule has 0 aliphatic heterocycles. The van der Waals surface area contributed by atoms with E-state index in [-0.39, 0.29) is 24.5 Å². The molecule has 0 spiro atoms. The highest BCUT2D eigenvalue weighted by Gasteiger charge is 2.27. The number of carbonyl (C=O) groups is 2. The molecule has 3 amide bonds. The lowest BCUT2D eigenvalue weighted by atomic mass is 9.76. The molecule has 2 rings (SSSR count). The Morgan fingerprint density at radius 1 is 1.00 bits per heavy atom. The molecule has 0 saturated heterocycles. The molecular weight excluding hydrogens is 242 g/mol. The maximum atomic E-state index is 11.7. The van der Waals surface area contributed by atoms with Gasteiger partial charge in [0.2, 0.25) is 5.91 Å². The van der Waals surface area contributed by atoms with Gasteiger partial charge in [-0.25, -0.2) is 4.79 Å². The van der Waals surface area contributed by atoms with E-state index in [1.54, 1.807) is 0 Å². The summed E-state index contributed by atoms with van der Waals surface area (Å²) in [6.07, 6.45) is 6.45. The molecule has 2 fully saturated rings. The molecule has 2 saturated carbocycles. The van der Waals surface area contributed by atoms with E-state index in [1.807, 2.05) is 0 Å². The van der Waals surface area contributed by atoms with E-state index in [0.29, 0.717) is 11.5 Å². The van der Waals surface area contributed by atoms with Gasteiger partial charge in [0.05, 0.1) is 6.54 Å². The molecule has 5 nitrogen and oxygen atoms in total. The van der Waals surface area contributed by atoms with E-state index in [4.69, 9.17) is 0 Å². The van der Waals surface area contributed by atoms with Crippen molar-refractivity contribution in [3.63, 3.8) is 0 Å². The van der Waals surface area contributed by atoms with Gasteiger partial charge in [-0.3, -0.25) is 4.79 Å². The molecular formula is C14H25N3O2. The highest BCUT2D eigenvalue weighted by Crippen LogP contribution is 2.34. The van der Waals surface area contributed by atoms with Crippen LogP contribution >= 0.6 is 0 Å². The average Bonchev–Trinajstić information content (AvgIpc) is 3.13. The van der Waals surface area contributed by atoms with Crippen LogP contribution in [0.4, 0.5) is 4.79 Å². The Balaban J connectivity index is 1.60. The molecule has 2 aliphatic rings. The van der Waals surface area contributed by atoms with Crippen LogP contribution in [0.1, 0.15) is 52.4 Å². The normalized spacial score (nSPS) is 22.6. The third-order valence-corrected chi connectivity index (χ3v) is 4.03. The summed E-state index contributed by atoms with van der Waals surface area (Å²) >= 11 is 0. The van der Waals surface area contributed by atoms with Crippen molar-refractivity contribution in [2.45, 2.75) is 64.5 Å². The first-order chi connectivity index (χ1) is 8.94. The number of urea groups is 1. The van der Waals surface area contributed by atoms with Gasteiger partial charge in [-0.2, -0.15) is 0 Å². The third-order valence-electron chi connectivity index (χ3n) is 4.03. The zero-order valence-electron chi connectivity index (χ0n) is 11.9. The average molecular weight is 267 g/mol. The predicted molar refractivity (Wildman–Crippen MR) is 73.7 cm³/mol. The van der Waals surface area contributed by atoms with Gasteiger partial charge in [0, 0.05) is 12.1 Å². The van der Waals surface area contributed by atoms with Gasteiger partial charge in [0.25, 0.3) is 0 Å². The van der Waals surface area contributed by atoms with E-state index < -0.39 is 0 Å². The molecule has 0 radical (unpaired) electrons. The topological polar surface area (TPSA) is 70.2 Å². The van der Waals surface area contributed by atoms with E-state index >= 15 is 0 Å². The fraction of sp³-hybridized carbons (Fsp3) is 0.857. The van der Waals surface area contributed by atoms with Crippen LogP contribution in [0.3, 0.4) is 0 Å². The zero-order chi connectivity index (χ0) is 13.9. The van der Waals surface area contributed by atoms with Gasteiger partial charge in [0.15, 0.2) is 0 Å². The summed E-state index contributed by atoms with van der Waals surface area (Å²) in [5.74, 6) is -0.0950. The van der Waals surface area contributed by atoms with Crippen LogP contribution in [0, 0.1) is 5.41 Å². The Hall–Kier alpha value is -1.26. The predicted octanol–water partition coefficient (Wildman–Crippen LogP) is 1.53. The second-order valence-corrected chi connectivity index (χ2v) is 6.61. The highest BCUT2D eigenvalue weighted by molar-refractivity contribution is 5.84. The summed E-state index contributed by atoms with van der Waals surface area (Å²) in [4.78, 5) is 23.1. The Morgan fingerprint density at radius 2 is 1.58 bits per heavy atom. The molecule has 2 aliphatic carbocycles. The third kappa shape index (κ3) is 5.09. The number of amides is 3. The molecule has 0 bridgehead atoms. The molecule has 3 N–H and O–H groups in total. The Labute approximate surface area is 114 Å². The van der Waals surface area contributed by atoms with Crippen molar-refractivity contribution in [2.24, 2.45) is 5.41 Å². The van der Waals surface area contributed by atoms with E-state index in [1.165, 1.54) is 0 Å². The lowest BCUT2D eigenvalue weighted by Crippen LogP contribution is -2.47. The quantitative estimate of drug-likeness (QED) is 0.723. The summed E-state index contributed by atoms with van der Waals surface area (Å²) < 4.78 is 0. The van der Waals surface area contributed by atoms with Crippen LogP contribution in [0.2, 0.25) is 0 Å². The first-order valence-corrected chi connectivity index (χ1v) is 7.28. The van der Waals surface area contributed by atoms with Gasteiger partial charge in [-0.1, -0.05) is 13.8 Å². The zero-order valence-corrected chi connectivity index (χ0v) is 11.9. The number of rotatable bonds is 4. The Morgan fingerprint density at radius 3 is 2.16 bits per heavy atom. The fourth-order valence-electron chi connectivity index (χ4n) is 2.45. The van der Waals surface area contributed by atoms with Crippen molar-refractivity contribution in [2.75, 3.05) is 6.54 Å². The van der Waals surface area contributed by atoms with Gasteiger partial charge in [0.1, 0.15) is 0 Å². The monoisotopic (exact) mass is 267 g/mol. The summed E-state index contributed by atoms with van der Waals surface area (Å²) in [5.41, 5.74) is 0.402. The summed E-state index contributed by atoms with van der Waals surface area (Å²) in [6, 6.07) is 0.369. The largest absolute Gasteiger partial charge is 0.352 e. The van der Waals surface area contributed by atoms with Crippen LogP contribution in [0.5, 0.6) is 0 Å². The van der Waals surface area contributed by atoms with Crippen molar-refractivity contribution >= 4 is 11.9 Å². The van der Waals surface area contributed by atoms with Crippen molar-refractivity contribution in [3.8, 4) is 0 Å². The number of hydrogen-bond donors (Lipinski definition) is 3. The van der Waals surface area contributed by atoms with Gasteiger partial charge >= 0.3 is 6.03 Å². The van der Waals surface area contributed by atoms with Gasteiger partial charge in [-0.15, -0.1) is 0 Å². The lowest BCUT2D eigenvalue weighted by Gasteiger charge is -2.34. The van der Waals surface area contributed by atoms with Crippen LogP contribution in [0.15, 0.2) is 0 Å².